The molecule has 12 heteroatoms. The van der Waals surface area contributed by atoms with Crippen molar-refractivity contribution in [3.8, 4) is 0 Å². The highest BCUT2D eigenvalue weighted by atomic mass is 32.1. The first-order chi connectivity index (χ1) is 17.4. The van der Waals surface area contributed by atoms with Crippen LogP contribution in [0.4, 0.5) is 20.8 Å². The number of nitrogens with zero attached hydrogens (tertiary/aromatic N) is 3. The van der Waals surface area contributed by atoms with E-state index in [4.69, 9.17) is 21.4 Å². The minimum absolute atomic E-state index is 0.0590. The third kappa shape index (κ3) is 5.76. The van der Waals surface area contributed by atoms with E-state index < -0.39 is 11.0 Å². The maximum atomic E-state index is 15.1. The van der Waals surface area contributed by atoms with Gasteiger partial charge in [0.05, 0.1) is 31.4 Å². The number of carbonyl (C=O) groups is 1. The Bertz CT molecular complexity index is 1150. The fraction of sp³-hybridized carbons (Fsp3) is 0.500. The number of cyclic esters (lactones) is 1. The van der Waals surface area contributed by atoms with E-state index in [2.05, 4.69) is 15.5 Å². The third-order valence-electron chi connectivity index (χ3n) is 6.81. The molecule has 1 aliphatic carbocycles. The minimum Gasteiger partial charge on any atom is -0.442 e. The summed E-state index contributed by atoms with van der Waals surface area (Å²) in [5.74, 6) is 0.00346. The molecular formula is C24H28FN5O5S. The molecule has 0 bridgehead atoms. The molecule has 2 aliphatic heterocycles. The lowest BCUT2D eigenvalue weighted by molar-refractivity contribution is -0.402. The second-order valence-corrected chi connectivity index (χ2v) is 9.91. The number of halogens is 1. The summed E-state index contributed by atoms with van der Waals surface area (Å²) in [6.07, 6.45) is 2.88. The van der Waals surface area contributed by atoms with Crippen LogP contribution < -0.4 is 15.5 Å². The lowest BCUT2D eigenvalue weighted by atomic mass is 9.89. The van der Waals surface area contributed by atoms with E-state index in [1.165, 1.54) is 17.0 Å². The van der Waals surface area contributed by atoms with Gasteiger partial charge in [-0.3, -0.25) is 19.9 Å². The summed E-state index contributed by atoms with van der Waals surface area (Å²) in [4.78, 5) is 26.2. The van der Waals surface area contributed by atoms with E-state index in [0.717, 1.165) is 38.8 Å². The second kappa shape index (κ2) is 10.4. The van der Waals surface area contributed by atoms with Crippen molar-refractivity contribution in [2.45, 2.75) is 50.3 Å². The molecule has 2 aromatic rings. The molecule has 2 N–H and O–H groups in total. The quantitative estimate of drug-likeness (QED) is 0.308. The molecule has 0 spiro atoms. The predicted molar refractivity (Wildman–Crippen MR) is 133 cm³/mol. The number of amides is 1. The zero-order valence-electron chi connectivity index (χ0n) is 19.7. The van der Waals surface area contributed by atoms with E-state index in [1.54, 1.807) is 18.2 Å². The molecule has 0 radical (unpaired) electrons. The molecule has 36 heavy (non-hydrogen) atoms. The third-order valence-corrected chi connectivity index (χ3v) is 7.07. The largest absolute Gasteiger partial charge is 0.442 e. The molecule has 5 rings (SSSR count). The average Bonchev–Trinajstić information content (AvgIpc) is 3.39. The monoisotopic (exact) mass is 517 g/mol. The number of thiocarbonyl (C=S) groups is 1. The summed E-state index contributed by atoms with van der Waals surface area (Å²) >= 11 is 5.24. The maximum Gasteiger partial charge on any atom is 0.433 e. The summed E-state index contributed by atoms with van der Waals surface area (Å²) in [7, 11) is 0. The molecular weight excluding hydrogens is 489 g/mol. The highest BCUT2D eigenvalue weighted by molar-refractivity contribution is 7.80. The average molecular weight is 518 g/mol. The van der Waals surface area contributed by atoms with Crippen LogP contribution in [0.25, 0.3) is 0 Å². The smallest absolute Gasteiger partial charge is 0.433 e. The number of anilines is 1. The molecule has 1 amide bonds. The predicted octanol–water partition coefficient (Wildman–Crippen LogP) is 3.66. The Hall–Kier alpha value is -3.25. The molecule has 10 nitrogen and oxygen atoms in total. The topological polar surface area (TPSA) is 113 Å². The summed E-state index contributed by atoms with van der Waals surface area (Å²) in [5, 5.41) is 17.6. The van der Waals surface area contributed by atoms with Crippen molar-refractivity contribution in [3.63, 3.8) is 0 Å². The van der Waals surface area contributed by atoms with Crippen LogP contribution in [0.5, 0.6) is 0 Å². The Kier molecular flexibility index (Phi) is 7.06. The van der Waals surface area contributed by atoms with Crippen LogP contribution in [0.15, 0.2) is 34.7 Å². The Labute approximate surface area is 212 Å². The van der Waals surface area contributed by atoms with Gasteiger partial charge in [0, 0.05) is 6.04 Å². The van der Waals surface area contributed by atoms with Crippen LogP contribution in [0.2, 0.25) is 0 Å². The van der Waals surface area contributed by atoms with Gasteiger partial charge in [0.25, 0.3) is 0 Å². The van der Waals surface area contributed by atoms with Gasteiger partial charge in [-0.05, 0) is 80.7 Å². The Morgan fingerprint density at radius 1 is 1.19 bits per heavy atom. The molecule has 1 unspecified atom stereocenters. The van der Waals surface area contributed by atoms with Crippen LogP contribution in [0, 0.1) is 15.9 Å². The van der Waals surface area contributed by atoms with Gasteiger partial charge in [-0.15, -0.1) is 0 Å². The number of hydrogen-bond donors (Lipinski definition) is 2. The number of piperidine rings is 1. The van der Waals surface area contributed by atoms with Crippen molar-refractivity contribution >= 4 is 35.0 Å². The van der Waals surface area contributed by atoms with Gasteiger partial charge in [-0.1, -0.05) is 6.07 Å². The van der Waals surface area contributed by atoms with E-state index in [9.17, 15) is 14.9 Å². The summed E-state index contributed by atoms with van der Waals surface area (Å²) in [5.41, 5.74) is 1.11. The number of furan rings is 1. The zero-order chi connectivity index (χ0) is 25.2. The van der Waals surface area contributed by atoms with Crippen LogP contribution in [-0.4, -0.2) is 59.4 Å². The van der Waals surface area contributed by atoms with E-state index >= 15 is 4.39 Å². The summed E-state index contributed by atoms with van der Waals surface area (Å²) < 4.78 is 25.8. The second-order valence-electron chi connectivity index (χ2n) is 9.50. The van der Waals surface area contributed by atoms with Gasteiger partial charge in [0.2, 0.25) is 0 Å². The van der Waals surface area contributed by atoms with Crippen molar-refractivity contribution in [1.82, 2.24) is 15.5 Å². The fourth-order valence-corrected chi connectivity index (χ4v) is 4.95. The van der Waals surface area contributed by atoms with Crippen LogP contribution in [0.1, 0.15) is 42.9 Å². The standard InChI is InChI=1S/C24H28FN5O5S/c25-21-11-17(29-14-19(35-24(29)31)12-26-23(36)27-16-1-2-16)3-5-20(21)15-7-9-28(10-8-15)13-18-4-6-22(34-18)30(32)33/h3-6,11,15-16,19H,1-2,7-10,12-14H2,(H2,26,27,36). The number of rotatable bonds is 8. The molecule has 192 valence electrons. The van der Waals surface area contributed by atoms with Gasteiger partial charge in [-0.2, -0.15) is 0 Å². The highest BCUT2D eigenvalue weighted by Crippen LogP contribution is 2.33. The van der Waals surface area contributed by atoms with Gasteiger partial charge < -0.3 is 19.8 Å². The Morgan fingerprint density at radius 3 is 2.64 bits per heavy atom. The molecule has 3 heterocycles. The number of carbonyl (C=O) groups excluding carboxylic acids is 1. The Balaban J connectivity index is 1.13. The molecule has 3 aliphatic rings. The van der Waals surface area contributed by atoms with Crippen molar-refractivity contribution in [2.24, 2.45) is 0 Å². The number of nitro groups is 1. The van der Waals surface area contributed by atoms with Crippen molar-refractivity contribution in [2.75, 3.05) is 31.1 Å². The molecule has 1 aromatic carbocycles. The normalized spacial score (nSPS) is 20.9. The first-order valence-electron chi connectivity index (χ1n) is 12.1. The molecule has 1 saturated carbocycles. The number of ether oxygens (including phenoxy) is 1. The first-order valence-corrected chi connectivity index (χ1v) is 12.5. The van der Waals surface area contributed by atoms with Crippen molar-refractivity contribution in [3.05, 3.63) is 57.6 Å². The van der Waals surface area contributed by atoms with Gasteiger partial charge in [0.15, 0.2) is 5.11 Å². The lowest BCUT2D eigenvalue weighted by Crippen LogP contribution is -2.41. The number of hydrogen-bond acceptors (Lipinski definition) is 7. The lowest BCUT2D eigenvalue weighted by Gasteiger charge is -2.31. The van der Waals surface area contributed by atoms with Gasteiger partial charge in [0.1, 0.15) is 22.6 Å². The van der Waals surface area contributed by atoms with Gasteiger partial charge >= 0.3 is 12.0 Å². The van der Waals surface area contributed by atoms with Crippen LogP contribution in [-0.2, 0) is 11.3 Å². The highest BCUT2D eigenvalue weighted by Gasteiger charge is 2.33. The minimum atomic E-state index is -0.552. The SMILES string of the molecule is O=C1OC(CNC(=S)NC2CC2)CN1c1ccc(C2CCN(Cc3ccc([N+](=O)[O-])o3)CC2)c(F)c1. The number of benzene rings is 1. The van der Waals surface area contributed by atoms with E-state index in [1.807, 2.05) is 0 Å². The first kappa shape index (κ1) is 24.4. The van der Waals surface area contributed by atoms with E-state index in [0.29, 0.717) is 47.8 Å². The molecule has 1 aromatic heterocycles. The maximum absolute atomic E-state index is 15.1. The number of likely N-dealkylation sites (tertiary alicyclic amines) is 1. The van der Waals surface area contributed by atoms with Crippen molar-refractivity contribution in [1.29, 1.82) is 0 Å². The molecule has 2 saturated heterocycles. The van der Waals surface area contributed by atoms with Gasteiger partial charge in [-0.25, -0.2) is 9.18 Å². The van der Waals surface area contributed by atoms with Crippen LogP contribution in [0.3, 0.4) is 0 Å². The van der Waals surface area contributed by atoms with E-state index in [-0.39, 0.29) is 23.7 Å². The van der Waals surface area contributed by atoms with Crippen LogP contribution >= 0.6 is 12.2 Å². The Morgan fingerprint density at radius 2 is 1.97 bits per heavy atom. The number of nitrogens with one attached hydrogen (secondary N) is 2. The zero-order valence-corrected chi connectivity index (χ0v) is 20.5. The molecule has 3 fully saturated rings. The summed E-state index contributed by atoms with van der Waals surface area (Å²) in [6.45, 7) is 2.65. The fourth-order valence-electron chi connectivity index (χ4n) is 4.70. The van der Waals surface area contributed by atoms with Crippen molar-refractivity contribution < 1.29 is 23.3 Å². The summed E-state index contributed by atoms with van der Waals surface area (Å²) in [6, 6.07) is 8.35. The molecule has 1 atom stereocenters.